The van der Waals surface area contributed by atoms with Crippen LogP contribution in [-0.4, -0.2) is 24.9 Å². The molecule has 0 aliphatic carbocycles. The van der Waals surface area contributed by atoms with Gasteiger partial charge in [-0.3, -0.25) is 0 Å². The largest absolute Gasteiger partial charge is 0.396 e. The Morgan fingerprint density at radius 1 is 1.22 bits per heavy atom. The molecule has 0 rings (SSSR count). The molecule has 110 valence electrons. The van der Waals surface area contributed by atoms with Crippen LogP contribution < -0.4 is 0 Å². The lowest BCUT2D eigenvalue weighted by Crippen LogP contribution is -2.24. The topological polar surface area (TPSA) is 29.5 Å². The fourth-order valence-electron chi connectivity index (χ4n) is 2.55. The van der Waals surface area contributed by atoms with Crippen LogP contribution in [0.2, 0.25) is 0 Å². The van der Waals surface area contributed by atoms with Crippen molar-refractivity contribution >= 4 is 0 Å². The van der Waals surface area contributed by atoms with Crippen molar-refractivity contribution in [2.75, 3.05) is 19.8 Å². The number of hydrogen-bond acceptors (Lipinski definition) is 2. The van der Waals surface area contributed by atoms with Crippen LogP contribution in [0.25, 0.3) is 0 Å². The van der Waals surface area contributed by atoms with Crippen molar-refractivity contribution in [1.82, 2.24) is 0 Å². The van der Waals surface area contributed by atoms with E-state index in [1.807, 2.05) is 0 Å². The van der Waals surface area contributed by atoms with Crippen LogP contribution in [0.1, 0.15) is 66.7 Å². The van der Waals surface area contributed by atoms with E-state index in [1.54, 1.807) is 0 Å². The molecule has 0 aromatic carbocycles. The van der Waals surface area contributed by atoms with Gasteiger partial charge in [-0.2, -0.15) is 0 Å². The van der Waals surface area contributed by atoms with Gasteiger partial charge in [0.2, 0.25) is 0 Å². The van der Waals surface area contributed by atoms with E-state index in [2.05, 4.69) is 34.6 Å². The second-order valence-corrected chi connectivity index (χ2v) is 6.08. The van der Waals surface area contributed by atoms with E-state index in [-0.39, 0.29) is 0 Å². The zero-order valence-electron chi connectivity index (χ0n) is 13.2. The Kier molecular flexibility index (Phi) is 9.76. The number of aliphatic hydroxyl groups is 1. The maximum atomic E-state index is 9.19. The van der Waals surface area contributed by atoms with Crippen molar-refractivity contribution in [1.29, 1.82) is 0 Å². The average Bonchev–Trinajstić information content (AvgIpc) is 2.38. The zero-order valence-corrected chi connectivity index (χ0v) is 13.2. The summed E-state index contributed by atoms with van der Waals surface area (Å²) in [5, 5.41) is 9.19. The van der Waals surface area contributed by atoms with Crippen LogP contribution in [0.15, 0.2) is 0 Å². The van der Waals surface area contributed by atoms with Gasteiger partial charge >= 0.3 is 0 Å². The molecule has 1 N–H and O–H groups in total. The molecule has 0 aliphatic heterocycles. The normalized spacial score (nSPS) is 18.3. The molecule has 3 atom stereocenters. The van der Waals surface area contributed by atoms with Crippen LogP contribution in [0, 0.1) is 17.3 Å². The Balaban J connectivity index is 3.89. The summed E-state index contributed by atoms with van der Waals surface area (Å²) < 4.78 is 5.89. The quantitative estimate of drug-likeness (QED) is 0.561. The Hall–Kier alpha value is -0.0800. The van der Waals surface area contributed by atoms with Crippen molar-refractivity contribution in [2.24, 2.45) is 17.3 Å². The predicted octanol–water partition coefficient (Wildman–Crippen LogP) is 4.26. The molecular weight excluding hydrogens is 224 g/mol. The lowest BCUT2D eigenvalue weighted by Gasteiger charge is -2.28. The van der Waals surface area contributed by atoms with Crippen LogP contribution in [-0.2, 0) is 4.74 Å². The van der Waals surface area contributed by atoms with E-state index < -0.39 is 0 Å². The molecule has 0 bridgehead atoms. The van der Waals surface area contributed by atoms with E-state index in [4.69, 9.17) is 4.74 Å². The molecule has 2 heteroatoms. The van der Waals surface area contributed by atoms with Gasteiger partial charge in [0.25, 0.3) is 0 Å². The molecule has 2 nitrogen and oxygen atoms in total. The van der Waals surface area contributed by atoms with Gasteiger partial charge < -0.3 is 9.84 Å². The molecule has 0 spiro atoms. The molecule has 0 fully saturated rings. The van der Waals surface area contributed by atoms with E-state index in [0.717, 1.165) is 26.1 Å². The lowest BCUT2D eigenvalue weighted by molar-refractivity contribution is 0.0322. The van der Waals surface area contributed by atoms with Crippen molar-refractivity contribution in [3.8, 4) is 0 Å². The van der Waals surface area contributed by atoms with Gasteiger partial charge in [-0.25, -0.2) is 0 Å². The maximum absolute atomic E-state index is 9.19. The third kappa shape index (κ3) is 6.75. The predicted molar refractivity (Wildman–Crippen MR) is 78.8 cm³/mol. The van der Waals surface area contributed by atoms with Crippen molar-refractivity contribution in [3.63, 3.8) is 0 Å². The Bertz CT molecular complexity index is 194. The Labute approximate surface area is 114 Å². The molecule has 0 saturated carbocycles. The number of aliphatic hydroxyl groups excluding tert-OH is 1. The number of rotatable bonds is 11. The van der Waals surface area contributed by atoms with Gasteiger partial charge in [0, 0.05) is 13.2 Å². The lowest BCUT2D eigenvalue weighted by atomic mass is 9.84. The molecule has 18 heavy (non-hydrogen) atoms. The Morgan fingerprint density at radius 2 is 1.89 bits per heavy atom. The van der Waals surface area contributed by atoms with Crippen LogP contribution in [0.4, 0.5) is 0 Å². The van der Waals surface area contributed by atoms with Gasteiger partial charge in [0.05, 0.1) is 6.61 Å². The average molecular weight is 258 g/mol. The first-order valence-corrected chi connectivity index (χ1v) is 7.71. The van der Waals surface area contributed by atoms with E-state index in [0.29, 0.717) is 23.9 Å². The zero-order chi connectivity index (χ0) is 14.0. The van der Waals surface area contributed by atoms with Crippen molar-refractivity contribution < 1.29 is 9.84 Å². The fraction of sp³-hybridized carbons (Fsp3) is 1.00. The first-order chi connectivity index (χ1) is 8.52. The second kappa shape index (κ2) is 9.80. The molecule has 0 radical (unpaired) electrons. The third-order valence-corrected chi connectivity index (χ3v) is 4.41. The minimum Gasteiger partial charge on any atom is -0.396 e. The van der Waals surface area contributed by atoms with E-state index in [9.17, 15) is 5.11 Å². The standard InChI is InChI=1S/C16H34O2/c1-6-10-16(5,8-3)13-18-11-9-15(7-2)14(4)12-17/h14-15,17H,6-13H2,1-5H3. The summed E-state index contributed by atoms with van der Waals surface area (Å²) in [5.74, 6) is 0.987. The highest BCUT2D eigenvalue weighted by atomic mass is 16.5. The third-order valence-electron chi connectivity index (χ3n) is 4.41. The summed E-state index contributed by atoms with van der Waals surface area (Å²) in [6.45, 7) is 13.1. The fourth-order valence-corrected chi connectivity index (χ4v) is 2.55. The summed E-state index contributed by atoms with van der Waals surface area (Å²) in [6.07, 6.45) is 5.86. The number of ether oxygens (including phenoxy) is 1. The van der Waals surface area contributed by atoms with Gasteiger partial charge in [-0.1, -0.05) is 47.5 Å². The van der Waals surface area contributed by atoms with Gasteiger partial charge in [-0.15, -0.1) is 0 Å². The summed E-state index contributed by atoms with van der Waals surface area (Å²) >= 11 is 0. The highest BCUT2D eigenvalue weighted by Gasteiger charge is 2.21. The van der Waals surface area contributed by atoms with Crippen LogP contribution >= 0.6 is 0 Å². The minimum absolute atomic E-state index is 0.293. The highest BCUT2D eigenvalue weighted by molar-refractivity contribution is 4.71. The van der Waals surface area contributed by atoms with Crippen LogP contribution in [0.5, 0.6) is 0 Å². The first kappa shape index (κ1) is 17.9. The SMILES string of the molecule is CCCC(C)(CC)COCCC(CC)C(C)CO. The van der Waals surface area contributed by atoms with Crippen molar-refractivity contribution in [2.45, 2.75) is 66.7 Å². The van der Waals surface area contributed by atoms with Crippen LogP contribution in [0.3, 0.4) is 0 Å². The molecule has 0 saturated heterocycles. The van der Waals surface area contributed by atoms with Gasteiger partial charge in [0.1, 0.15) is 0 Å². The number of hydrogen-bond donors (Lipinski definition) is 1. The maximum Gasteiger partial charge on any atom is 0.0519 e. The minimum atomic E-state index is 0.293. The summed E-state index contributed by atoms with van der Waals surface area (Å²) in [7, 11) is 0. The molecule has 0 aromatic rings. The monoisotopic (exact) mass is 258 g/mol. The molecular formula is C16H34O2. The summed E-state index contributed by atoms with van der Waals surface area (Å²) in [5.41, 5.74) is 0.346. The first-order valence-electron chi connectivity index (χ1n) is 7.71. The molecule has 0 aliphatic rings. The molecule has 0 heterocycles. The molecule has 3 unspecified atom stereocenters. The van der Waals surface area contributed by atoms with Crippen molar-refractivity contribution in [3.05, 3.63) is 0 Å². The van der Waals surface area contributed by atoms with E-state index >= 15 is 0 Å². The van der Waals surface area contributed by atoms with Gasteiger partial charge in [0.15, 0.2) is 0 Å². The van der Waals surface area contributed by atoms with Gasteiger partial charge in [-0.05, 0) is 36.5 Å². The summed E-state index contributed by atoms with van der Waals surface area (Å²) in [4.78, 5) is 0. The molecule has 0 amide bonds. The Morgan fingerprint density at radius 3 is 2.33 bits per heavy atom. The second-order valence-electron chi connectivity index (χ2n) is 6.08. The molecule has 0 aromatic heterocycles. The smallest absolute Gasteiger partial charge is 0.0519 e. The summed E-state index contributed by atoms with van der Waals surface area (Å²) in [6, 6.07) is 0. The van der Waals surface area contributed by atoms with E-state index in [1.165, 1.54) is 19.3 Å². The highest BCUT2D eigenvalue weighted by Crippen LogP contribution is 2.28.